The van der Waals surface area contributed by atoms with Crippen molar-refractivity contribution in [2.45, 2.75) is 13.0 Å². The minimum atomic E-state index is -0.635. The second-order valence-corrected chi connectivity index (χ2v) is 2.97. The molecule has 4 nitrogen and oxygen atoms in total. The van der Waals surface area contributed by atoms with Gasteiger partial charge in [-0.05, 0) is 17.7 Å². The molecule has 0 bridgehead atoms. The summed E-state index contributed by atoms with van der Waals surface area (Å²) in [4.78, 5) is 21.2. The molecule has 0 saturated carbocycles. The maximum absolute atomic E-state index is 10.8. The number of nitrogens with one attached hydrogen (secondary N) is 1. The Balaban J connectivity index is 2.88. The smallest absolute Gasteiger partial charge is 0.221 e. The van der Waals surface area contributed by atoms with Gasteiger partial charge in [0.25, 0.3) is 0 Å². The molecular formula is C10H12N2O2. The highest BCUT2D eigenvalue weighted by Crippen LogP contribution is 2.14. The van der Waals surface area contributed by atoms with Crippen LogP contribution in [0.5, 0.6) is 0 Å². The van der Waals surface area contributed by atoms with E-state index in [1.165, 1.54) is 6.92 Å². The van der Waals surface area contributed by atoms with Crippen molar-refractivity contribution >= 4 is 17.9 Å². The van der Waals surface area contributed by atoms with Crippen LogP contribution in [0.25, 0.3) is 0 Å². The number of carbonyl (C=O) groups is 2. The number of aldehydes is 1. The lowest BCUT2D eigenvalue weighted by atomic mass is 10.1. The molecule has 1 rings (SSSR count). The van der Waals surface area contributed by atoms with Crippen molar-refractivity contribution in [1.29, 1.82) is 0 Å². The Kier molecular flexibility index (Phi) is 3.36. The number of benzene rings is 1. The number of rotatable bonds is 3. The lowest BCUT2D eigenvalue weighted by Gasteiger charge is -2.07. The van der Waals surface area contributed by atoms with Crippen molar-refractivity contribution in [3.05, 3.63) is 29.8 Å². The van der Waals surface area contributed by atoms with Gasteiger partial charge < -0.3 is 15.8 Å². The minimum absolute atomic E-state index is 0.151. The molecule has 0 aliphatic carbocycles. The molecule has 1 aromatic carbocycles. The summed E-state index contributed by atoms with van der Waals surface area (Å²) in [6, 6.07) is 6.26. The van der Waals surface area contributed by atoms with Crippen LogP contribution in [0.15, 0.2) is 24.3 Å². The van der Waals surface area contributed by atoms with E-state index in [0.29, 0.717) is 17.5 Å². The van der Waals surface area contributed by atoms with E-state index in [1.807, 2.05) is 0 Å². The van der Waals surface area contributed by atoms with Crippen molar-refractivity contribution in [2.24, 2.45) is 5.73 Å². The van der Waals surface area contributed by atoms with Gasteiger partial charge in [-0.1, -0.05) is 12.1 Å². The van der Waals surface area contributed by atoms with Crippen LogP contribution in [0, 0.1) is 0 Å². The zero-order valence-electron chi connectivity index (χ0n) is 7.86. The van der Waals surface area contributed by atoms with E-state index in [2.05, 4.69) is 5.32 Å². The van der Waals surface area contributed by atoms with Gasteiger partial charge in [0.15, 0.2) is 0 Å². The number of hydrogen-bond acceptors (Lipinski definition) is 3. The normalized spacial score (nSPS) is 11.9. The first-order valence-corrected chi connectivity index (χ1v) is 4.22. The van der Waals surface area contributed by atoms with Crippen molar-refractivity contribution in [1.82, 2.24) is 0 Å². The molecule has 0 fully saturated rings. The number of carbonyl (C=O) groups excluding carboxylic acids is 2. The van der Waals surface area contributed by atoms with Crippen LogP contribution in [0.2, 0.25) is 0 Å². The predicted octanol–water partition coefficient (Wildman–Crippen LogP) is 0.844. The first-order chi connectivity index (χ1) is 6.63. The number of anilines is 1. The lowest BCUT2D eigenvalue weighted by molar-refractivity contribution is -0.114. The van der Waals surface area contributed by atoms with E-state index in [9.17, 15) is 9.59 Å². The summed E-state index contributed by atoms with van der Waals surface area (Å²) < 4.78 is 0. The summed E-state index contributed by atoms with van der Waals surface area (Å²) in [5.41, 5.74) is 6.85. The molecule has 1 atom stereocenters. The minimum Gasteiger partial charge on any atom is -0.326 e. The zero-order valence-corrected chi connectivity index (χ0v) is 7.86. The van der Waals surface area contributed by atoms with Crippen LogP contribution in [-0.4, -0.2) is 12.2 Å². The SMILES string of the molecule is CC(=O)Nc1cccc(C(N)C=O)c1. The molecule has 0 aromatic heterocycles. The van der Waals surface area contributed by atoms with E-state index in [0.717, 1.165) is 0 Å². The Hall–Kier alpha value is -1.68. The molecule has 0 heterocycles. The fourth-order valence-corrected chi connectivity index (χ4v) is 1.11. The Morgan fingerprint density at radius 2 is 2.29 bits per heavy atom. The third-order valence-electron chi connectivity index (χ3n) is 1.74. The number of nitrogens with two attached hydrogens (primary N) is 1. The largest absolute Gasteiger partial charge is 0.326 e. The fraction of sp³-hybridized carbons (Fsp3) is 0.200. The summed E-state index contributed by atoms with van der Waals surface area (Å²) in [6.45, 7) is 1.42. The van der Waals surface area contributed by atoms with Crippen LogP contribution in [0.3, 0.4) is 0 Å². The van der Waals surface area contributed by atoms with Gasteiger partial charge in [0, 0.05) is 12.6 Å². The summed E-state index contributed by atoms with van der Waals surface area (Å²) in [6.07, 6.45) is 0.660. The van der Waals surface area contributed by atoms with E-state index in [-0.39, 0.29) is 5.91 Å². The predicted molar refractivity (Wildman–Crippen MR) is 53.7 cm³/mol. The van der Waals surface area contributed by atoms with Crippen molar-refractivity contribution in [3.63, 3.8) is 0 Å². The van der Waals surface area contributed by atoms with Gasteiger partial charge in [-0.25, -0.2) is 0 Å². The molecule has 3 N–H and O–H groups in total. The van der Waals surface area contributed by atoms with E-state index < -0.39 is 6.04 Å². The summed E-state index contributed by atoms with van der Waals surface area (Å²) in [7, 11) is 0. The van der Waals surface area contributed by atoms with Gasteiger partial charge in [-0.2, -0.15) is 0 Å². The lowest BCUT2D eigenvalue weighted by Crippen LogP contribution is -2.12. The summed E-state index contributed by atoms with van der Waals surface area (Å²) >= 11 is 0. The van der Waals surface area contributed by atoms with Crippen molar-refractivity contribution < 1.29 is 9.59 Å². The summed E-state index contributed by atoms with van der Waals surface area (Å²) in [5.74, 6) is -0.151. The number of amides is 1. The average Bonchev–Trinajstić information content (AvgIpc) is 2.16. The molecule has 0 radical (unpaired) electrons. The fourth-order valence-electron chi connectivity index (χ4n) is 1.11. The standard InChI is InChI=1S/C10H12N2O2/c1-7(14)12-9-4-2-3-8(5-9)10(11)6-13/h2-6,10H,11H2,1H3,(H,12,14). The van der Waals surface area contributed by atoms with Gasteiger partial charge >= 0.3 is 0 Å². The molecule has 74 valence electrons. The van der Waals surface area contributed by atoms with Gasteiger partial charge in [0.1, 0.15) is 6.29 Å². The maximum atomic E-state index is 10.8. The van der Waals surface area contributed by atoms with Gasteiger partial charge in [-0.3, -0.25) is 4.79 Å². The highest BCUT2D eigenvalue weighted by atomic mass is 16.1. The van der Waals surface area contributed by atoms with Crippen LogP contribution in [0.1, 0.15) is 18.5 Å². The first kappa shape index (κ1) is 10.4. The van der Waals surface area contributed by atoms with E-state index in [1.54, 1.807) is 24.3 Å². The highest BCUT2D eigenvalue weighted by Gasteiger charge is 2.04. The Labute approximate surface area is 82.1 Å². The van der Waals surface area contributed by atoms with Crippen LogP contribution >= 0.6 is 0 Å². The first-order valence-electron chi connectivity index (χ1n) is 4.22. The second kappa shape index (κ2) is 4.53. The molecule has 1 aromatic rings. The molecule has 1 amide bonds. The molecule has 1 unspecified atom stereocenters. The molecule has 14 heavy (non-hydrogen) atoms. The second-order valence-electron chi connectivity index (χ2n) is 2.97. The van der Waals surface area contributed by atoms with Crippen LogP contribution in [-0.2, 0) is 9.59 Å². The molecule has 0 aliphatic heterocycles. The van der Waals surface area contributed by atoms with E-state index >= 15 is 0 Å². The van der Waals surface area contributed by atoms with Crippen LogP contribution < -0.4 is 11.1 Å². The number of hydrogen-bond donors (Lipinski definition) is 2. The topological polar surface area (TPSA) is 72.2 Å². The molecular weight excluding hydrogens is 180 g/mol. The quantitative estimate of drug-likeness (QED) is 0.697. The average molecular weight is 192 g/mol. The van der Waals surface area contributed by atoms with Crippen LogP contribution in [0.4, 0.5) is 5.69 Å². The van der Waals surface area contributed by atoms with Gasteiger partial charge in [-0.15, -0.1) is 0 Å². The molecule has 0 spiro atoms. The van der Waals surface area contributed by atoms with E-state index in [4.69, 9.17) is 5.73 Å². The molecule has 0 saturated heterocycles. The van der Waals surface area contributed by atoms with Gasteiger partial charge in [0.2, 0.25) is 5.91 Å². The van der Waals surface area contributed by atoms with Crippen molar-refractivity contribution in [3.8, 4) is 0 Å². The maximum Gasteiger partial charge on any atom is 0.221 e. The Bertz CT molecular complexity index is 350. The molecule has 0 aliphatic rings. The third kappa shape index (κ3) is 2.67. The monoisotopic (exact) mass is 192 g/mol. The Morgan fingerprint density at radius 1 is 1.57 bits per heavy atom. The van der Waals surface area contributed by atoms with Gasteiger partial charge in [0.05, 0.1) is 6.04 Å². The highest BCUT2D eigenvalue weighted by molar-refractivity contribution is 5.88. The molecule has 4 heteroatoms. The Morgan fingerprint density at radius 3 is 2.86 bits per heavy atom. The third-order valence-corrected chi connectivity index (χ3v) is 1.74. The van der Waals surface area contributed by atoms with Crippen molar-refractivity contribution in [2.75, 3.05) is 5.32 Å². The summed E-state index contributed by atoms with van der Waals surface area (Å²) in [5, 5.41) is 2.61. The zero-order chi connectivity index (χ0) is 10.6.